The maximum atomic E-state index is 13.9. The second-order valence-corrected chi connectivity index (χ2v) is 8.56. The predicted octanol–water partition coefficient (Wildman–Crippen LogP) is 4.23. The van der Waals surface area contributed by atoms with Gasteiger partial charge < -0.3 is 4.57 Å². The summed E-state index contributed by atoms with van der Waals surface area (Å²) in [6.45, 7) is 0. The Bertz CT molecular complexity index is 818. The first kappa shape index (κ1) is 14.6. The SMILES string of the molecule is N#Cc1ccc([C@]2(c3nnc(C4CCC4)n3C3CC3)C[C@H](F)C2)s1. The van der Waals surface area contributed by atoms with Crippen LogP contribution in [0.2, 0.25) is 0 Å². The number of alkyl halides is 1. The molecule has 0 bridgehead atoms. The van der Waals surface area contributed by atoms with E-state index in [4.69, 9.17) is 5.26 Å². The zero-order valence-corrected chi connectivity index (χ0v) is 14.2. The molecule has 5 rings (SSSR count). The molecule has 0 radical (unpaired) electrons. The first-order valence-electron chi connectivity index (χ1n) is 8.81. The third-order valence-electron chi connectivity index (χ3n) is 5.86. The van der Waals surface area contributed by atoms with Crippen molar-refractivity contribution in [2.24, 2.45) is 0 Å². The zero-order valence-electron chi connectivity index (χ0n) is 13.4. The molecule has 4 nitrogen and oxygen atoms in total. The lowest BCUT2D eigenvalue weighted by atomic mass is 9.65. The number of nitriles is 1. The van der Waals surface area contributed by atoms with Crippen molar-refractivity contribution >= 4 is 11.3 Å². The number of rotatable bonds is 4. The molecule has 2 heterocycles. The van der Waals surface area contributed by atoms with Crippen LogP contribution in [0, 0.1) is 11.3 Å². The molecule has 6 heteroatoms. The number of hydrogen-bond acceptors (Lipinski definition) is 4. The van der Waals surface area contributed by atoms with Crippen LogP contribution in [0.1, 0.15) is 78.3 Å². The van der Waals surface area contributed by atoms with Crippen molar-refractivity contribution in [1.82, 2.24) is 14.8 Å². The standard InChI is InChI=1S/C18H19FN4S/c19-12-8-18(9-12,15-7-6-14(10-20)24-15)17-22-21-16(11-2-1-3-11)23(17)13-4-5-13/h6-7,11-13H,1-5,8-9H2/t12-,18-. The van der Waals surface area contributed by atoms with E-state index >= 15 is 0 Å². The summed E-state index contributed by atoms with van der Waals surface area (Å²) >= 11 is 1.48. The zero-order chi connectivity index (χ0) is 16.3. The maximum absolute atomic E-state index is 13.9. The summed E-state index contributed by atoms with van der Waals surface area (Å²) in [7, 11) is 0. The minimum Gasteiger partial charge on any atom is -0.311 e. The van der Waals surface area contributed by atoms with E-state index < -0.39 is 6.17 Å². The van der Waals surface area contributed by atoms with Crippen molar-refractivity contribution in [3.8, 4) is 6.07 Å². The summed E-state index contributed by atoms with van der Waals surface area (Å²) in [6.07, 6.45) is 6.16. The van der Waals surface area contributed by atoms with E-state index in [1.807, 2.05) is 12.1 Å². The molecule has 0 amide bonds. The summed E-state index contributed by atoms with van der Waals surface area (Å²) in [5.74, 6) is 2.60. The second-order valence-electron chi connectivity index (χ2n) is 7.47. The highest BCUT2D eigenvalue weighted by Crippen LogP contribution is 2.54. The van der Waals surface area contributed by atoms with E-state index in [9.17, 15) is 4.39 Å². The topological polar surface area (TPSA) is 54.5 Å². The lowest BCUT2D eigenvalue weighted by Gasteiger charge is -2.43. The molecule has 0 unspecified atom stereocenters. The Labute approximate surface area is 144 Å². The third-order valence-corrected chi connectivity index (χ3v) is 7.05. The Kier molecular flexibility index (Phi) is 3.12. The van der Waals surface area contributed by atoms with Gasteiger partial charge in [0.05, 0.1) is 5.41 Å². The summed E-state index contributed by atoms with van der Waals surface area (Å²) in [6, 6.07) is 6.54. The lowest BCUT2D eigenvalue weighted by Crippen LogP contribution is -2.45. The van der Waals surface area contributed by atoms with Gasteiger partial charge in [-0.05, 0) is 50.7 Å². The molecule has 2 aromatic heterocycles. The van der Waals surface area contributed by atoms with Crippen LogP contribution in [0.5, 0.6) is 0 Å². The summed E-state index contributed by atoms with van der Waals surface area (Å²) in [5, 5.41) is 18.3. The van der Waals surface area contributed by atoms with E-state index in [1.54, 1.807) is 0 Å². The van der Waals surface area contributed by atoms with E-state index in [2.05, 4.69) is 20.8 Å². The van der Waals surface area contributed by atoms with Gasteiger partial charge in [0, 0.05) is 16.8 Å². The number of nitrogens with zero attached hydrogens (tertiary/aromatic N) is 4. The Hall–Kier alpha value is -1.74. The largest absolute Gasteiger partial charge is 0.311 e. The Balaban J connectivity index is 1.62. The second kappa shape index (κ2) is 5.13. The predicted molar refractivity (Wildman–Crippen MR) is 88.8 cm³/mol. The molecule has 24 heavy (non-hydrogen) atoms. The van der Waals surface area contributed by atoms with Gasteiger partial charge in [-0.25, -0.2) is 4.39 Å². The van der Waals surface area contributed by atoms with Crippen LogP contribution < -0.4 is 0 Å². The molecule has 3 aliphatic carbocycles. The maximum Gasteiger partial charge on any atom is 0.145 e. The number of halogens is 1. The molecule has 0 aliphatic heterocycles. The monoisotopic (exact) mass is 342 g/mol. The van der Waals surface area contributed by atoms with E-state index in [0.29, 0.717) is 29.7 Å². The van der Waals surface area contributed by atoms with Crippen LogP contribution in [0.15, 0.2) is 12.1 Å². The van der Waals surface area contributed by atoms with E-state index in [-0.39, 0.29) is 5.41 Å². The molecule has 3 fully saturated rings. The van der Waals surface area contributed by atoms with Gasteiger partial charge in [-0.1, -0.05) is 6.42 Å². The van der Waals surface area contributed by atoms with Crippen LogP contribution in [0.3, 0.4) is 0 Å². The van der Waals surface area contributed by atoms with Crippen LogP contribution in [-0.4, -0.2) is 20.9 Å². The van der Waals surface area contributed by atoms with Gasteiger partial charge in [0.2, 0.25) is 0 Å². The van der Waals surface area contributed by atoms with E-state index in [1.165, 1.54) is 43.4 Å². The Morgan fingerprint density at radius 3 is 2.54 bits per heavy atom. The molecule has 3 aliphatic rings. The molecule has 0 spiro atoms. The van der Waals surface area contributed by atoms with Gasteiger partial charge in [0.1, 0.15) is 28.8 Å². The molecule has 0 saturated heterocycles. The van der Waals surface area contributed by atoms with Crippen molar-refractivity contribution in [2.45, 2.75) is 68.5 Å². The third kappa shape index (κ3) is 2.00. The van der Waals surface area contributed by atoms with Gasteiger partial charge in [0.25, 0.3) is 0 Å². The first-order valence-corrected chi connectivity index (χ1v) is 9.63. The van der Waals surface area contributed by atoms with Crippen LogP contribution in [0.25, 0.3) is 0 Å². The summed E-state index contributed by atoms with van der Waals surface area (Å²) in [5.41, 5.74) is -0.378. The molecule has 0 aromatic carbocycles. The first-order chi connectivity index (χ1) is 11.7. The molecule has 3 saturated carbocycles. The fourth-order valence-electron chi connectivity index (χ4n) is 4.11. The van der Waals surface area contributed by atoms with Crippen molar-refractivity contribution < 1.29 is 4.39 Å². The molecule has 124 valence electrons. The van der Waals surface area contributed by atoms with Crippen LogP contribution in [-0.2, 0) is 5.41 Å². The fraction of sp³-hybridized carbons (Fsp3) is 0.611. The quantitative estimate of drug-likeness (QED) is 0.835. The van der Waals surface area contributed by atoms with Gasteiger partial charge in [-0.15, -0.1) is 21.5 Å². The molecule has 2 aromatic rings. The van der Waals surface area contributed by atoms with E-state index in [0.717, 1.165) is 16.5 Å². The molecular weight excluding hydrogens is 323 g/mol. The minimum atomic E-state index is -0.783. The number of hydrogen-bond donors (Lipinski definition) is 0. The van der Waals surface area contributed by atoms with Gasteiger partial charge in [-0.3, -0.25) is 0 Å². The van der Waals surface area contributed by atoms with Gasteiger partial charge >= 0.3 is 0 Å². The normalized spacial score (nSPS) is 29.8. The molecular formula is C18H19FN4S. The molecule has 0 N–H and O–H groups in total. The minimum absolute atomic E-state index is 0.378. The smallest absolute Gasteiger partial charge is 0.145 e. The van der Waals surface area contributed by atoms with Crippen molar-refractivity contribution in [2.75, 3.05) is 0 Å². The van der Waals surface area contributed by atoms with Crippen molar-refractivity contribution in [3.63, 3.8) is 0 Å². The number of thiophene rings is 1. The van der Waals surface area contributed by atoms with Crippen molar-refractivity contribution in [3.05, 3.63) is 33.5 Å². The lowest BCUT2D eigenvalue weighted by molar-refractivity contribution is 0.116. The molecule has 0 atom stereocenters. The van der Waals surface area contributed by atoms with Crippen LogP contribution in [0.4, 0.5) is 4.39 Å². The van der Waals surface area contributed by atoms with Gasteiger partial charge in [-0.2, -0.15) is 5.26 Å². The summed E-state index contributed by atoms with van der Waals surface area (Å²) in [4.78, 5) is 1.76. The van der Waals surface area contributed by atoms with Gasteiger partial charge in [0.15, 0.2) is 0 Å². The van der Waals surface area contributed by atoms with Crippen LogP contribution >= 0.6 is 11.3 Å². The average Bonchev–Trinajstić information content (AvgIpc) is 3.07. The van der Waals surface area contributed by atoms with Crippen molar-refractivity contribution in [1.29, 1.82) is 5.26 Å². The Morgan fingerprint density at radius 1 is 1.21 bits per heavy atom. The fourth-order valence-corrected chi connectivity index (χ4v) is 5.12. The highest BCUT2D eigenvalue weighted by molar-refractivity contribution is 7.12. The summed E-state index contributed by atoms with van der Waals surface area (Å²) < 4.78 is 16.3. The Morgan fingerprint density at radius 2 is 2.00 bits per heavy atom. The highest BCUT2D eigenvalue weighted by atomic mass is 32.1. The number of aromatic nitrogens is 3. The average molecular weight is 342 g/mol. The highest BCUT2D eigenvalue weighted by Gasteiger charge is 2.53.